The second kappa shape index (κ2) is 6.48. The number of nitrogens with zero attached hydrogens (tertiary/aromatic N) is 1. The van der Waals surface area contributed by atoms with E-state index in [9.17, 15) is 9.59 Å². The van der Waals surface area contributed by atoms with Crippen molar-refractivity contribution in [2.24, 2.45) is 0 Å². The molecule has 1 amide bonds. The number of hydrogen-bond acceptors (Lipinski definition) is 2. The molecule has 124 valence electrons. The van der Waals surface area contributed by atoms with Crippen LogP contribution in [0, 0.1) is 0 Å². The number of aromatic carboxylic acids is 1. The maximum atomic E-state index is 12.5. The van der Waals surface area contributed by atoms with E-state index in [-0.39, 0.29) is 23.3 Å². The van der Waals surface area contributed by atoms with E-state index in [4.69, 9.17) is 5.11 Å². The number of carboxylic acid groups (broad SMARTS) is 1. The van der Waals surface area contributed by atoms with Crippen molar-refractivity contribution in [1.82, 2.24) is 4.90 Å². The molecule has 1 aliphatic rings. The summed E-state index contributed by atoms with van der Waals surface area (Å²) >= 11 is 0. The molecule has 0 radical (unpaired) electrons. The van der Waals surface area contributed by atoms with Crippen LogP contribution < -0.4 is 0 Å². The zero-order chi connectivity index (χ0) is 17.2. The number of carbonyl (C=O) groups is 2. The van der Waals surface area contributed by atoms with Gasteiger partial charge in [0.1, 0.15) is 0 Å². The smallest absolute Gasteiger partial charge is 0.335 e. The molecule has 1 N–H and O–H groups in total. The lowest BCUT2D eigenvalue weighted by Crippen LogP contribution is -2.35. The van der Waals surface area contributed by atoms with E-state index in [0.717, 1.165) is 18.4 Å². The van der Waals surface area contributed by atoms with Gasteiger partial charge in [0.2, 0.25) is 5.91 Å². The van der Waals surface area contributed by atoms with Gasteiger partial charge in [-0.25, -0.2) is 4.79 Å². The van der Waals surface area contributed by atoms with Gasteiger partial charge in [0, 0.05) is 19.0 Å². The molecule has 0 saturated heterocycles. The Balaban J connectivity index is 1.65. The number of carbonyl (C=O) groups excluding carboxylic acids is 1. The molecule has 0 unspecified atom stereocenters. The molecule has 3 rings (SSSR count). The third-order valence-corrected chi connectivity index (χ3v) is 4.73. The summed E-state index contributed by atoms with van der Waals surface area (Å²) in [7, 11) is 1.83. The van der Waals surface area contributed by atoms with Crippen LogP contribution in [-0.4, -0.2) is 35.5 Å². The zero-order valence-electron chi connectivity index (χ0n) is 13.7. The summed E-state index contributed by atoms with van der Waals surface area (Å²) in [6, 6.07) is 16.9. The second-order valence-corrected chi connectivity index (χ2v) is 6.58. The second-order valence-electron chi connectivity index (χ2n) is 6.58. The molecule has 0 spiro atoms. The van der Waals surface area contributed by atoms with Crippen LogP contribution in [0.2, 0.25) is 0 Å². The fraction of sp³-hybridized carbons (Fsp3) is 0.300. The van der Waals surface area contributed by atoms with Crippen LogP contribution in [0.25, 0.3) is 0 Å². The van der Waals surface area contributed by atoms with Crippen LogP contribution >= 0.6 is 0 Å². The highest BCUT2D eigenvalue weighted by molar-refractivity contribution is 5.88. The predicted octanol–water partition coefficient (Wildman–Crippen LogP) is 3.12. The molecule has 0 atom stereocenters. The molecule has 24 heavy (non-hydrogen) atoms. The fourth-order valence-electron chi connectivity index (χ4n) is 3.15. The molecule has 4 nitrogen and oxygen atoms in total. The van der Waals surface area contributed by atoms with Crippen LogP contribution in [0.1, 0.15) is 34.3 Å². The molecule has 1 saturated carbocycles. The summed E-state index contributed by atoms with van der Waals surface area (Å²) in [4.78, 5) is 25.3. The number of rotatable bonds is 6. The standard InChI is InChI=1S/C20H21NO3/c1-21(14-20(10-11-20)17-8-3-2-4-9-17)18(22)13-15-6-5-7-16(12-15)19(23)24/h2-9,12H,10-11,13-14H2,1H3,(H,23,24). The van der Waals surface area contributed by atoms with Crippen LogP contribution in [0.4, 0.5) is 0 Å². The Kier molecular flexibility index (Phi) is 4.38. The van der Waals surface area contributed by atoms with E-state index in [1.54, 1.807) is 23.1 Å². The highest BCUT2D eigenvalue weighted by Crippen LogP contribution is 2.48. The first kappa shape index (κ1) is 16.2. The van der Waals surface area contributed by atoms with Crippen molar-refractivity contribution in [3.8, 4) is 0 Å². The van der Waals surface area contributed by atoms with Gasteiger partial charge in [-0.3, -0.25) is 4.79 Å². The number of hydrogen-bond donors (Lipinski definition) is 1. The Morgan fingerprint density at radius 2 is 1.79 bits per heavy atom. The molecule has 1 aliphatic carbocycles. The third kappa shape index (κ3) is 3.48. The summed E-state index contributed by atoms with van der Waals surface area (Å²) < 4.78 is 0. The van der Waals surface area contributed by atoms with Crippen LogP contribution in [-0.2, 0) is 16.6 Å². The normalized spacial score (nSPS) is 14.9. The number of amides is 1. The predicted molar refractivity (Wildman–Crippen MR) is 92.1 cm³/mol. The summed E-state index contributed by atoms with van der Waals surface area (Å²) in [5.41, 5.74) is 2.33. The van der Waals surface area contributed by atoms with Crippen LogP contribution in [0.15, 0.2) is 54.6 Å². The Hall–Kier alpha value is -2.62. The van der Waals surface area contributed by atoms with Gasteiger partial charge in [-0.2, -0.15) is 0 Å². The molecule has 1 fully saturated rings. The van der Waals surface area contributed by atoms with E-state index in [1.165, 1.54) is 11.6 Å². The molecule has 0 heterocycles. The maximum Gasteiger partial charge on any atom is 0.335 e. The van der Waals surface area contributed by atoms with Crippen LogP contribution in [0.3, 0.4) is 0 Å². The number of benzene rings is 2. The van der Waals surface area contributed by atoms with Gasteiger partial charge < -0.3 is 10.0 Å². The van der Waals surface area contributed by atoms with Gasteiger partial charge in [0.25, 0.3) is 0 Å². The van der Waals surface area contributed by atoms with E-state index in [1.807, 2.05) is 25.2 Å². The van der Waals surface area contributed by atoms with Crippen molar-refractivity contribution >= 4 is 11.9 Å². The van der Waals surface area contributed by atoms with E-state index in [2.05, 4.69) is 12.1 Å². The van der Waals surface area contributed by atoms with Gasteiger partial charge in [0.05, 0.1) is 12.0 Å². The lowest BCUT2D eigenvalue weighted by Gasteiger charge is -2.24. The van der Waals surface area contributed by atoms with E-state index >= 15 is 0 Å². The summed E-state index contributed by atoms with van der Waals surface area (Å²) in [6.45, 7) is 0.703. The summed E-state index contributed by atoms with van der Waals surface area (Å²) in [5.74, 6) is -0.960. The molecule has 4 heteroatoms. The average Bonchev–Trinajstić information content (AvgIpc) is 3.36. The minimum Gasteiger partial charge on any atom is -0.478 e. The Bertz CT molecular complexity index is 750. The first-order valence-electron chi connectivity index (χ1n) is 8.12. The molecule has 0 aromatic heterocycles. The lowest BCUT2D eigenvalue weighted by molar-refractivity contribution is -0.129. The van der Waals surface area contributed by atoms with Crippen LogP contribution in [0.5, 0.6) is 0 Å². The SMILES string of the molecule is CN(CC1(c2ccccc2)CC1)C(=O)Cc1cccc(C(=O)O)c1. The van der Waals surface area contributed by atoms with Crippen molar-refractivity contribution in [3.63, 3.8) is 0 Å². The Labute approximate surface area is 141 Å². The fourth-order valence-corrected chi connectivity index (χ4v) is 3.15. The largest absolute Gasteiger partial charge is 0.478 e. The first-order valence-corrected chi connectivity index (χ1v) is 8.12. The highest BCUT2D eigenvalue weighted by Gasteiger charge is 2.45. The molecule has 0 aliphatic heterocycles. The van der Waals surface area contributed by atoms with Gasteiger partial charge in [0.15, 0.2) is 0 Å². The van der Waals surface area contributed by atoms with Crippen molar-refractivity contribution < 1.29 is 14.7 Å². The summed E-state index contributed by atoms with van der Waals surface area (Å²) in [5, 5.41) is 9.04. The van der Waals surface area contributed by atoms with Gasteiger partial charge >= 0.3 is 5.97 Å². The highest BCUT2D eigenvalue weighted by atomic mass is 16.4. The topological polar surface area (TPSA) is 57.6 Å². The quantitative estimate of drug-likeness (QED) is 0.888. The monoisotopic (exact) mass is 323 g/mol. The molecule has 0 bridgehead atoms. The molecule has 2 aromatic rings. The number of carboxylic acids is 1. The molecular formula is C20H21NO3. The molecule has 2 aromatic carbocycles. The summed E-state index contributed by atoms with van der Waals surface area (Å²) in [6.07, 6.45) is 2.43. The first-order chi connectivity index (χ1) is 11.5. The lowest BCUT2D eigenvalue weighted by atomic mass is 9.95. The minimum absolute atomic E-state index is 0.0137. The van der Waals surface area contributed by atoms with Gasteiger partial charge in [-0.1, -0.05) is 42.5 Å². The van der Waals surface area contributed by atoms with Crippen molar-refractivity contribution in [3.05, 3.63) is 71.3 Å². The van der Waals surface area contributed by atoms with Crippen molar-refractivity contribution in [2.45, 2.75) is 24.7 Å². The Morgan fingerprint density at radius 1 is 1.08 bits per heavy atom. The van der Waals surface area contributed by atoms with Crippen molar-refractivity contribution in [2.75, 3.05) is 13.6 Å². The van der Waals surface area contributed by atoms with Crippen molar-refractivity contribution in [1.29, 1.82) is 0 Å². The van der Waals surface area contributed by atoms with E-state index in [0.29, 0.717) is 6.54 Å². The zero-order valence-corrected chi connectivity index (χ0v) is 13.7. The maximum absolute atomic E-state index is 12.5. The third-order valence-electron chi connectivity index (χ3n) is 4.73. The molecular weight excluding hydrogens is 302 g/mol. The van der Waals surface area contributed by atoms with Gasteiger partial charge in [-0.05, 0) is 36.1 Å². The minimum atomic E-state index is -0.973. The number of likely N-dealkylation sites (N-methyl/N-ethyl adjacent to an activating group) is 1. The van der Waals surface area contributed by atoms with E-state index < -0.39 is 5.97 Å². The van der Waals surface area contributed by atoms with Gasteiger partial charge in [-0.15, -0.1) is 0 Å². The Morgan fingerprint density at radius 3 is 2.42 bits per heavy atom. The average molecular weight is 323 g/mol.